The molecule has 24 heavy (non-hydrogen) atoms. The van der Waals surface area contributed by atoms with Gasteiger partial charge >= 0.3 is 0 Å². The molecule has 5 nitrogen and oxygen atoms in total. The first kappa shape index (κ1) is 18.3. The van der Waals surface area contributed by atoms with Crippen molar-refractivity contribution in [3.05, 3.63) is 30.3 Å². The number of carbonyl (C=O) groups excluding carboxylic acids is 2. The molecule has 0 spiro atoms. The molecule has 1 aliphatic rings. The van der Waals surface area contributed by atoms with E-state index in [1.54, 1.807) is 13.8 Å². The normalized spacial score (nSPS) is 16.0. The van der Waals surface area contributed by atoms with E-state index in [0.29, 0.717) is 13.1 Å². The molecule has 0 unspecified atom stereocenters. The first-order valence-corrected chi connectivity index (χ1v) is 8.53. The van der Waals surface area contributed by atoms with E-state index in [9.17, 15) is 9.59 Å². The number of rotatable bonds is 3. The first-order chi connectivity index (χ1) is 11.1. The molecule has 0 bridgehead atoms. The standard InChI is InChI=1S/C19H29N3O2/c1-18(2,3)20-16(23)19(4,5)17(24)22-13-11-21(12-14-22)15-9-7-6-8-10-15/h6-10H,11-14H2,1-5H3,(H,20,23). The van der Waals surface area contributed by atoms with Crippen LogP contribution in [0.3, 0.4) is 0 Å². The van der Waals surface area contributed by atoms with Gasteiger partial charge < -0.3 is 15.1 Å². The van der Waals surface area contributed by atoms with Crippen molar-refractivity contribution in [1.29, 1.82) is 0 Å². The Labute approximate surface area is 145 Å². The molecule has 0 saturated carbocycles. The molecule has 0 aromatic heterocycles. The fraction of sp³-hybridized carbons (Fsp3) is 0.579. The van der Waals surface area contributed by atoms with Crippen LogP contribution in [0.1, 0.15) is 34.6 Å². The van der Waals surface area contributed by atoms with Crippen molar-refractivity contribution in [2.45, 2.75) is 40.2 Å². The van der Waals surface area contributed by atoms with Crippen molar-refractivity contribution in [2.75, 3.05) is 31.1 Å². The zero-order valence-electron chi connectivity index (χ0n) is 15.4. The third kappa shape index (κ3) is 4.28. The zero-order chi connectivity index (χ0) is 18.0. The molecule has 1 heterocycles. The van der Waals surface area contributed by atoms with Crippen LogP contribution in [0.15, 0.2) is 30.3 Å². The average molecular weight is 331 g/mol. The number of hydrogen-bond donors (Lipinski definition) is 1. The molecule has 2 amide bonds. The van der Waals surface area contributed by atoms with Gasteiger partial charge in [-0.1, -0.05) is 18.2 Å². The predicted molar refractivity (Wildman–Crippen MR) is 96.9 cm³/mol. The number of amides is 2. The van der Waals surface area contributed by atoms with E-state index in [1.165, 1.54) is 5.69 Å². The van der Waals surface area contributed by atoms with Crippen LogP contribution in [0.5, 0.6) is 0 Å². The minimum atomic E-state index is -1.05. The SMILES string of the molecule is CC(C)(C)NC(=O)C(C)(C)C(=O)N1CCN(c2ccccc2)CC1. The van der Waals surface area contributed by atoms with E-state index >= 15 is 0 Å². The minimum absolute atomic E-state index is 0.100. The summed E-state index contributed by atoms with van der Waals surface area (Å²) in [4.78, 5) is 29.4. The highest BCUT2D eigenvalue weighted by Crippen LogP contribution is 2.23. The van der Waals surface area contributed by atoms with Crippen molar-refractivity contribution in [2.24, 2.45) is 5.41 Å². The fourth-order valence-electron chi connectivity index (χ4n) is 2.80. The van der Waals surface area contributed by atoms with E-state index in [2.05, 4.69) is 22.3 Å². The van der Waals surface area contributed by atoms with E-state index in [0.717, 1.165) is 13.1 Å². The lowest BCUT2D eigenvalue weighted by molar-refractivity contribution is -0.149. The summed E-state index contributed by atoms with van der Waals surface area (Å²) in [6, 6.07) is 10.2. The number of nitrogens with zero attached hydrogens (tertiary/aromatic N) is 2. The highest BCUT2D eigenvalue weighted by atomic mass is 16.2. The molecule has 2 rings (SSSR count). The molecule has 132 valence electrons. The minimum Gasteiger partial charge on any atom is -0.368 e. The molecule has 0 atom stereocenters. The third-order valence-corrected chi connectivity index (χ3v) is 4.28. The van der Waals surface area contributed by atoms with Crippen LogP contribution in [0.25, 0.3) is 0 Å². The summed E-state index contributed by atoms with van der Waals surface area (Å²) in [7, 11) is 0. The summed E-state index contributed by atoms with van der Waals surface area (Å²) < 4.78 is 0. The predicted octanol–water partition coefficient (Wildman–Crippen LogP) is 2.28. The third-order valence-electron chi connectivity index (χ3n) is 4.28. The second kappa shape index (κ2) is 6.83. The number of anilines is 1. The molecule has 1 aliphatic heterocycles. The van der Waals surface area contributed by atoms with Gasteiger partial charge in [-0.15, -0.1) is 0 Å². The van der Waals surface area contributed by atoms with E-state index in [1.807, 2.05) is 43.9 Å². The van der Waals surface area contributed by atoms with Crippen molar-refractivity contribution >= 4 is 17.5 Å². The van der Waals surface area contributed by atoms with Gasteiger partial charge in [-0.2, -0.15) is 0 Å². The van der Waals surface area contributed by atoms with Crippen LogP contribution in [-0.2, 0) is 9.59 Å². The Kier molecular flexibility index (Phi) is 5.21. The summed E-state index contributed by atoms with van der Waals surface area (Å²) in [5.74, 6) is -0.317. The second-order valence-electron chi connectivity index (χ2n) is 7.94. The van der Waals surface area contributed by atoms with Gasteiger partial charge in [0.25, 0.3) is 0 Å². The van der Waals surface area contributed by atoms with Crippen molar-refractivity contribution in [3.63, 3.8) is 0 Å². The molecule has 0 radical (unpaired) electrons. The van der Waals surface area contributed by atoms with E-state index in [4.69, 9.17) is 0 Å². The monoisotopic (exact) mass is 331 g/mol. The van der Waals surface area contributed by atoms with Gasteiger partial charge in [-0.05, 0) is 46.8 Å². The molecule has 1 aromatic rings. The van der Waals surface area contributed by atoms with Gasteiger partial charge in [-0.25, -0.2) is 0 Å². The first-order valence-electron chi connectivity index (χ1n) is 8.53. The molecule has 1 fully saturated rings. The van der Waals surface area contributed by atoms with Gasteiger partial charge in [0, 0.05) is 37.4 Å². The maximum Gasteiger partial charge on any atom is 0.237 e. The van der Waals surface area contributed by atoms with Crippen LogP contribution >= 0.6 is 0 Å². The van der Waals surface area contributed by atoms with Crippen molar-refractivity contribution in [3.8, 4) is 0 Å². The number of benzene rings is 1. The Morgan fingerprint density at radius 2 is 1.46 bits per heavy atom. The molecule has 1 aromatic carbocycles. The van der Waals surface area contributed by atoms with E-state index in [-0.39, 0.29) is 17.4 Å². The maximum absolute atomic E-state index is 12.8. The van der Waals surface area contributed by atoms with Crippen LogP contribution in [0.4, 0.5) is 5.69 Å². The lowest BCUT2D eigenvalue weighted by atomic mass is 9.88. The lowest BCUT2D eigenvalue weighted by Crippen LogP contribution is -2.57. The number of hydrogen-bond acceptors (Lipinski definition) is 3. The van der Waals surface area contributed by atoms with Gasteiger partial charge in [-0.3, -0.25) is 9.59 Å². The quantitative estimate of drug-likeness (QED) is 0.865. The second-order valence-corrected chi connectivity index (χ2v) is 7.94. The van der Waals surface area contributed by atoms with Crippen molar-refractivity contribution < 1.29 is 9.59 Å². The fourth-order valence-corrected chi connectivity index (χ4v) is 2.80. The zero-order valence-corrected chi connectivity index (χ0v) is 15.4. The molecule has 0 aliphatic carbocycles. The average Bonchev–Trinajstić information content (AvgIpc) is 2.53. The Bertz CT molecular complexity index is 582. The summed E-state index contributed by atoms with van der Waals surface area (Å²) in [5, 5.41) is 2.92. The molecular weight excluding hydrogens is 302 g/mol. The van der Waals surface area contributed by atoms with Crippen LogP contribution in [0, 0.1) is 5.41 Å². The number of para-hydroxylation sites is 1. The highest BCUT2D eigenvalue weighted by Gasteiger charge is 2.41. The molecule has 1 saturated heterocycles. The number of carbonyl (C=O) groups is 2. The summed E-state index contributed by atoms with van der Waals surface area (Å²) in [5.41, 5.74) is -0.225. The van der Waals surface area contributed by atoms with Gasteiger partial charge in [0.2, 0.25) is 11.8 Å². The Morgan fingerprint density at radius 3 is 1.96 bits per heavy atom. The molecule has 1 N–H and O–H groups in total. The van der Waals surface area contributed by atoms with Crippen LogP contribution in [0.2, 0.25) is 0 Å². The molecular formula is C19H29N3O2. The topological polar surface area (TPSA) is 52.7 Å². The van der Waals surface area contributed by atoms with Gasteiger partial charge in [0.05, 0.1) is 0 Å². The summed E-state index contributed by atoms with van der Waals surface area (Å²) in [6.45, 7) is 12.0. The largest absolute Gasteiger partial charge is 0.368 e. The Morgan fingerprint density at radius 1 is 0.917 bits per heavy atom. The van der Waals surface area contributed by atoms with Crippen LogP contribution in [-0.4, -0.2) is 48.4 Å². The van der Waals surface area contributed by atoms with Gasteiger partial charge in [0.15, 0.2) is 0 Å². The smallest absolute Gasteiger partial charge is 0.237 e. The highest BCUT2D eigenvalue weighted by molar-refractivity contribution is 6.04. The lowest BCUT2D eigenvalue weighted by Gasteiger charge is -2.39. The Balaban J connectivity index is 1.98. The van der Waals surface area contributed by atoms with Gasteiger partial charge in [0.1, 0.15) is 5.41 Å². The summed E-state index contributed by atoms with van der Waals surface area (Å²) >= 11 is 0. The van der Waals surface area contributed by atoms with E-state index < -0.39 is 5.41 Å². The van der Waals surface area contributed by atoms with Crippen molar-refractivity contribution in [1.82, 2.24) is 10.2 Å². The molecule has 5 heteroatoms. The number of piperazine rings is 1. The summed E-state index contributed by atoms with van der Waals surface area (Å²) in [6.07, 6.45) is 0. The van der Waals surface area contributed by atoms with Crippen LogP contribution < -0.4 is 10.2 Å². The maximum atomic E-state index is 12.8. The number of nitrogens with one attached hydrogen (secondary N) is 1. The Hall–Kier alpha value is -2.04.